The zero-order valence-corrected chi connectivity index (χ0v) is 10.3. The summed E-state index contributed by atoms with van der Waals surface area (Å²) < 4.78 is 0. The van der Waals surface area contributed by atoms with Crippen LogP contribution in [0.5, 0.6) is 0 Å². The fourth-order valence-corrected chi connectivity index (χ4v) is 2.34. The minimum Gasteiger partial charge on any atom is -0.396 e. The Kier molecular flexibility index (Phi) is 2.74. The van der Waals surface area contributed by atoms with Crippen LogP contribution in [0.25, 0.3) is 11.2 Å². The molecule has 0 aliphatic heterocycles. The van der Waals surface area contributed by atoms with Crippen LogP contribution in [-0.4, -0.2) is 24.9 Å². The van der Waals surface area contributed by atoms with Crippen molar-refractivity contribution >= 4 is 28.6 Å². The van der Waals surface area contributed by atoms with E-state index in [0.29, 0.717) is 26.9 Å². The molecule has 92 valence electrons. The highest BCUT2D eigenvalue weighted by atomic mass is 32.2. The molecule has 3 heterocycles. The highest BCUT2D eigenvalue weighted by Crippen LogP contribution is 2.31. The summed E-state index contributed by atoms with van der Waals surface area (Å²) in [6, 6.07) is 3.57. The minimum absolute atomic E-state index is 0.427. The van der Waals surface area contributed by atoms with Crippen LogP contribution in [-0.2, 0) is 0 Å². The molecule has 0 radical (unpaired) electrons. The van der Waals surface area contributed by atoms with Crippen molar-refractivity contribution in [3.8, 4) is 6.07 Å². The molecule has 0 bridgehead atoms. The van der Waals surface area contributed by atoms with E-state index in [-0.39, 0.29) is 0 Å². The summed E-state index contributed by atoms with van der Waals surface area (Å²) in [5, 5.41) is 10.0. The molecule has 7 nitrogen and oxygen atoms in total. The Morgan fingerprint density at radius 2 is 2.11 bits per heavy atom. The number of aromatic nitrogens is 5. The monoisotopic (exact) mass is 269 g/mol. The maximum atomic E-state index is 8.77. The molecule has 0 saturated carbocycles. The topological polar surface area (TPSA) is 117 Å². The second-order valence-electron chi connectivity index (χ2n) is 3.61. The Morgan fingerprint density at radius 1 is 1.21 bits per heavy atom. The van der Waals surface area contributed by atoms with E-state index in [4.69, 9.17) is 11.0 Å². The van der Waals surface area contributed by atoms with E-state index in [1.807, 2.05) is 6.07 Å². The van der Waals surface area contributed by atoms with Crippen molar-refractivity contribution in [3.63, 3.8) is 0 Å². The van der Waals surface area contributed by atoms with Gasteiger partial charge in [0, 0.05) is 6.20 Å². The number of hydrogen-bond donors (Lipinski definition) is 2. The van der Waals surface area contributed by atoms with E-state index in [0.717, 1.165) is 5.52 Å². The lowest BCUT2D eigenvalue weighted by atomic mass is 10.3. The first-order valence-corrected chi connectivity index (χ1v) is 6.07. The largest absolute Gasteiger partial charge is 0.396 e. The van der Waals surface area contributed by atoms with Gasteiger partial charge >= 0.3 is 0 Å². The molecule has 0 unspecified atom stereocenters. The zero-order valence-electron chi connectivity index (χ0n) is 9.53. The summed E-state index contributed by atoms with van der Waals surface area (Å²) >= 11 is 1.30. The number of nitrogens with zero attached hydrogens (tertiary/aromatic N) is 5. The number of nitriles is 1. The number of nitrogens with one attached hydrogen (secondary N) is 1. The molecule has 0 atom stereocenters. The van der Waals surface area contributed by atoms with Crippen LogP contribution in [0.2, 0.25) is 0 Å². The van der Waals surface area contributed by atoms with Crippen molar-refractivity contribution in [3.05, 3.63) is 30.5 Å². The van der Waals surface area contributed by atoms with Gasteiger partial charge in [-0.15, -0.1) is 0 Å². The SMILES string of the molecule is N#Cc1cnc(Sc2ncnc3nc[nH]c23)c(N)c1. The lowest BCUT2D eigenvalue weighted by Gasteiger charge is -2.04. The number of hydrogen-bond acceptors (Lipinski definition) is 7. The lowest BCUT2D eigenvalue weighted by molar-refractivity contribution is 1.07. The molecule has 0 amide bonds. The summed E-state index contributed by atoms with van der Waals surface area (Å²) in [4.78, 5) is 19.4. The Morgan fingerprint density at radius 3 is 2.89 bits per heavy atom. The van der Waals surface area contributed by atoms with Crippen LogP contribution in [0, 0.1) is 11.3 Å². The van der Waals surface area contributed by atoms with Crippen molar-refractivity contribution in [2.75, 3.05) is 5.73 Å². The maximum Gasteiger partial charge on any atom is 0.181 e. The van der Waals surface area contributed by atoms with Crippen LogP contribution in [0.3, 0.4) is 0 Å². The summed E-state index contributed by atoms with van der Waals surface area (Å²) in [5.41, 5.74) is 8.05. The Labute approximate surface area is 111 Å². The third-order valence-corrected chi connectivity index (χ3v) is 3.43. The lowest BCUT2D eigenvalue weighted by Crippen LogP contribution is -1.94. The van der Waals surface area contributed by atoms with Crippen LogP contribution in [0.4, 0.5) is 5.69 Å². The average molecular weight is 269 g/mol. The van der Waals surface area contributed by atoms with Gasteiger partial charge in [0.05, 0.1) is 17.6 Å². The number of anilines is 1. The second kappa shape index (κ2) is 4.55. The summed E-state index contributed by atoms with van der Waals surface area (Å²) in [6.45, 7) is 0. The average Bonchev–Trinajstić information content (AvgIpc) is 2.90. The molecular weight excluding hydrogens is 262 g/mol. The second-order valence-corrected chi connectivity index (χ2v) is 4.59. The van der Waals surface area contributed by atoms with Crippen LogP contribution >= 0.6 is 11.8 Å². The Balaban J connectivity index is 2.02. The van der Waals surface area contributed by atoms with Gasteiger partial charge in [-0.2, -0.15) is 5.26 Å². The third kappa shape index (κ3) is 2.07. The normalized spacial score (nSPS) is 10.5. The number of aromatic amines is 1. The number of H-pyrrole nitrogens is 1. The predicted octanol–water partition coefficient (Wildman–Crippen LogP) is 1.35. The fraction of sp³-hybridized carbons (Fsp3) is 0. The van der Waals surface area contributed by atoms with Gasteiger partial charge < -0.3 is 10.7 Å². The maximum absolute atomic E-state index is 8.77. The van der Waals surface area contributed by atoms with Gasteiger partial charge in [0.25, 0.3) is 0 Å². The molecule has 8 heteroatoms. The third-order valence-electron chi connectivity index (χ3n) is 2.39. The molecule has 0 spiro atoms. The highest BCUT2D eigenvalue weighted by Gasteiger charge is 2.11. The van der Waals surface area contributed by atoms with Gasteiger partial charge in [-0.1, -0.05) is 0 Å². The molecule has 3 rings (SSSR count). The van der Waals surface area contributed by atoms with E-state index in [1.54, 1.807) is 12.4 Å². The van der Waals surface area contributed by atoms with E-state index in [9.17, 15) is 0 Å². The van der Waals surface area contributed by atoms with Crippen LogP contribution in [0.1, 0.15) is 5.56 Å². The first-order chi connectivity index (χ1) is 9.28. The Bertz CT molecular complexity index is 789. The smallest absolute Gasteiger partial charge is 0.181 e. The highest BCUT2D eigenvalue weighted by molar-refractivity contribution is 7.99. The van der Waals surface area contributed by atoms with Gasteiger partial charge in [0.15, 0.2) is 5.65 Å². The standard InChI is InChI=1S/C11H7N7S/c12-2-6-1-7(13)10(14-3-6)19-11-8-9(16-4-15-8)17-5-18-11/h1,3-5H,13H2,(H,15,16,17,18). The summed E-state index contributed by atoms with van der Waals surface area (Å²) in [6.07, 6.45) is 4.47. The summed E-state index contributed by atoms with van der Waals surface area (Å²) in [7, 11) is 0. The number of pyridine rings is 1. The molecule has 0 aliphatic rings. The first kappa shape index (κ1) is 11.4. The van der Waals surface area contributed by atoms with Crippen molar-refractivity contribution in [1.29, 1.82) is 5.26 Å². The number of rotatable bonds is 2. The van der Waals surface area contributed by atoms with Gasteiger partial charge in [-0.25, -0.2) is 19.9 Å². The molecule has 3 N–H and O–H groups in total. The van der Waals surface area contributed by atoms with E-state index in [2.05, 4.69) is 24.9 Å². The number of nitrogens with two attached hydrogens (primary N) is 1. The number of imidazole rings is 1. The minimum atomic E-state index is 0.427. The van der Waals surface area contributed by atoms with Crippen molar-refractivity contribution in [2.24, 2.45) is 0 Å². The zero-order chi connectivity index (χ0) is 13.2. The van der Waals surface area contributed by atoms with Crippen molar-refractivity contribution < 1.29 is 0 Å². The molecule has 0 aliphatic carbocycles. The van der Waals surface area contributed by atoms with Crippen LogP contribution < -0.4 is 5.73 Å². The van der Waals surface area contributed by atoms with Crippen LogP contribution in [0.15, 0.2) is 35.0 Å². The molecule has 0 fully saturated rings. The van der Waals surface area contributed by atoms with Gasteiger partial charge in [-0.3, -0.25) is 0 Å². The molecule has 19 heavy (non-hydrogen) atoms. The van der Waals surface area contributed by atoms with Crippen molar-refractivity contribution in [2.45, 2.75) is 10.1 Å². The van der Waals surface area contributed by atoms with Gasteiger partial charge in [0.1, 0.15) is 28.0 Å². The predicted molar refractivity (Wildman–Crippen MR) is 69.2 cm³/mol. The molecule has 0 aromatic carbocycles. The number of fused-ring (bicyclic) bond motifs is 1. The number of nitrogen functional groups attached to an aromatic ring is 1. The summed E-state index contributed by atoms with van der Waals surface area (Å²) in [5.74, 6) is 0. The molecule has 0 saturated heterocycles. The molecule has 3 aromatic heterocycles. The van der Waals surface area contributed by atoms with Crippen molar-refractivity contribution in [1.82, 2.24) is 24.9 Å². The van der Waals surface area contributed by atoms with E-state index < -0.39 is 0 Å². The van der Waals surface area contributed by atoms with Gasteiger partial charge in [0.2, 0.25) is 0 Å². The van der Waals surface area contributed by atoms with E-state index >= 15 is 0 Å². The molecule has 3 aromatic rings. The van der Waals surface area contributed by atoms with E-state index in [1.165, 1.54) is 24.3 Å². The van der Waals surface area contributed by atoms with Gasteiger partial charge in [-0.05, 0) is 17.8 Å². The Hall–Kier alpha value is -2.66. The molecular formula is C11H7N7S. The first-order valence-electron chi connectivity index (χ1n) is 5.25. The quantitative estimate of drug-likeness (QED) is 0.674. The fourth-order valence-electron chi connectivity index (χ4n) is 1.53.